The van der Waals surface area contributed by atoms with Gasteiger partial charge in [0.2, 0.25) is 15.9 Å². The van der Waals surface area contributed by atoms with Crippen LogP contribution < -0.4 is 5.32 Å². The average Bonchev–Trinajstić information content (AvgIpc) is 2.79. The van der Waals surface area contributed by atoms with E-state index in [-0.39, 0.29) is 41.5 Å². The van der Waals surface area contributed by atoms with E-state index in [9.17, 15) is 23.3 Å². The van der Waals surface area contributed by atoms with E-state index in [1.165, 1.54) is 16.4 Å². The molecule has 1 heterocycles. The van der Waals surface area contributed by atoms with Crippen molar-refractivity contribution in [2.24, 2.45) is 5.92 Å². The Hall–Kier alpha value is -2.82. The molecule has 2 aromatic rings. The van der Waals surface area contributed by atoms with E-state index in [0.29, 0.717) is 24.9 Å². The fourth-order valence-corrected chi connectivity index (χ4v) is 5.81. The normalized spacial score (nSPS) is 16.5. The molecule has 3 rings (SSSR count). The molecule has 0 spiro atoms. The van der Waals surface area contributed by atoms with Gasteiger partial charge in [-0.2, -0.15) is 4.31 Å². The number of benzene rings is 2. The van der Waals surface area contributed by atoms with E-state index in [1.54, 1.807) is 6.92 Å². The highest BCUT2D eigenvalue weighted by Crippen LogP contribution is 2.28. The van der Waals surface area contributed by atoms with Crippen molar-refractivity contribution in [1.29, 1.82) is 0 Å². The van der Waals surface area contributed by atoms with Crippen molar-refractivity contribution in [3.63, 3.8) is 0 Å². The maximum Gasteiger partial charge on any atom is 0.270 e. The highest BCUT2D eigenvalue weighted by molar-refractivity contribution is 7.89. The number of nitrogens with zero attached hydrogens (tertiary/aromatic N) is 3. The first-order valence-corrected chi connectivity index (χ1v) is 12.3. The topological polar surface area (TPSA) is 113 Å². The Morgan fingerprint density at radius 3 is 2.39 bits per heavy atom. The minimum Gasteiger partial charge on any atom is -0.354 e. The minimum atomic E-state index is -3.88. The molecular weight excluding hydrogens is 444 g/mol. The van der Waals surface area contributed by atoms with Crippen LogP contribution >= 0.6 is 0 Å². The van der Waals surface area contributed by atoms with Gasteiger partial charge in [-0.3, -0.25) is 14.9 Å². The first kappa shape index (κ1) is 24.8. The van der Waals surface area contributed by atoms with E-state index in [0.717, 1.165) is 11.6 Å². The molecule has 0 aliphatic carbocycles. The number of nitrogens with one attached hydrogen (secondary N) is 1. The summed E-state index contributed by atoms with van der Waals surface area (Å²) in [7, 11) is 0.0424. The highest BCUT2D eigenvalue weighted by Gasteiger charge is 2.33. The molecule has 2 aromatic carbocycles. The molecular formula is C23H30N4O5S. The van der Waals surface area contributed by atoms with E-state index in [1.807, 2.05) is 49.3 Å². The summed E-state index contributed by atoms with van der Waals surface area (Å²) in [5.41, 5.74) is 1.30. The number of nitro groups is 1. The second-order valence-corrected chi connectivity index (χ2v) is 10.4. The van der Waals surface area contributed by atoms with E-state index < -0.39 is 14.9 Å². The molecule has 0 aromatic heterocycles. The summed E-state index contributed by atoms with van der Waals surface area (Å²) in [4.78, 5) is 25.2. The highest BCUT2D eigenvalue weighted by atomic mass is 32.2. The molecule has 1 amide bonds. The lowest BCUT2D eigenvalue weighted by Gasteiger charge is -2.31. The molecule has 178 valence electrons. The van der Waals surface area contributed by atoms with Gasteiger partial charge in [0.15, 0.2) is 0 Å². The number of piperidine rings is 1. The van der Waals surface area contributed by atoms with Crippen molar-refractivity contribution in [1.82, 2.24) is 14.5 Å². The first-order valence-electron chi connectivity index (χ1n) is 10.9. The Labute approximate surface area is 194 Å². The molecule has 0 radical (unpaired) electrons. The number of carbonyl (C=O) groups excluding carboxylic acids is 1. The molecule has 1 aliphatic rings. The molecule has 0 bridgehead atoms. The number of hydrogen-bond acceptors (Lipinski definition) is 6. The van der Waals surface area contributed by atoms with Gasteiger partial charge >= 0.3 is 0 Å². The molecule has 9 nitrogen and oxygen atoms in total. The Balaban J connectivity index is 1.62. The molecule has 10 heteroatoms. The van der Waals surface area contributed by atoms with E-state index in [2.05, 4.69) is 5.32 Å². The number of amides is 1. The summed E-state index contributed by atoms with van der Waals surface area (Å²) in [6.45, 7) is 2.46. The summed E-state index contributed by atoms with van der Waals surface area (Å²) >= 11 is 0. The van der Waals surface area contributed by atoms with Gasteiger partial charge in [-0.15, -0.1) is 0 Å². The number of hydrogen-bond donors (Lipinski definition) is 1. The summed E-state index contributed by atoms with van der Waals surface area (Å²) in [5.74, 6) is -0.359. The Bertz CT molecular complexity index is 1100. The van der Waals surface area contributed by atoms with Crippen LogP contribution in [0.1, 0.15) is 30.0 Å². The van der Waals surface area contributed by atoms with Crippen LogP contribution in [0.3, 0.4) is 0 Å². The second kappa shape index (κ2) is 10.4. The largest absolute Gasteiger partial charge is 0.354 e. The number of carbonyl (C=O) groups is 1. The zero-order valence-electron chi connectivity index (χ0n) is 19.1. The molecule has 33 heavy (non-hydrogen) atoms. The number of nitro benzene ring substituents is 1. The van der Waals surface area contributed by atoms with Crippen LogP contribution in [0.4, 0.5) is 5.69 Å². The third-order valence-electron chi connectivity index (χ3n) is 6.10. The van der Waals surface area contributed by atoms with Crippen molar-refractivity contribution in [3.05, 3.63) is 69.8 Å². The van der Waals surface area contributed by atoms with Gasteiger partial charge in [0, 0.05) is 37.7 Å². The van der Waals surface area contributed by atoms with Crippen LogP contribution in [-0.4, -0.2) is 62.2 Å². The van der Waals surface area contributed by atoms with Crippen LogP contribution in [0, 0.1) is 23.0 Å². The number of sulfonamides is 1. The lowest BCUT2D eigenvalue weighted by Crippen LogP contribution is -2.44. The SMILES string of the molecule is Cc1ccc([N+](=O)[O-])cc1S(=O)(=O)N1CCC(C(=O)NCC(c2ccccc2)N(C)C)CC1. The maximum absolute atomic E-state index is 13.1. The van der Waals surface area contributed by atoms with Gasteiger partial charge in [-0.05, 0) is 45.0 Å². The van der Waals surface area contributed by atoms with Crippen LogP contribution in [0.15, 0.2) is 53.4 Å². The van der Waals surface area contributed by atoms with Crippen LogP contribution in [0.25, 0.3) is 0 Å². The molecule has 1 atom stereocenters. The summed E-state index contributed by atoms with van der Waals surface area (Å²) in [6, 6.07) is 13.8. The molecule has 1 N–H and O–H groups in total. The first-order chi connectivity index (χ1) is 15.6. The minimum absolute atomic E-state index is 0.0347. The van der Waals surface area contributed by atoms with Crippen molar-refractivity contribution in [2.75, 3.05) is 33.7 Å². The molecule has 1 unspecified atom stereocenters. The summed E-state index contributed by atoms with van der Waals surface area (Å²) in [5, 5.41) is 14.1. The van der Waals surface area contributed by atoms with Crippen LogP contribution in [-0.2, 0) is 14.8 Å². The third kappa shape index (κ3) is 5.76. The van der Waals surface area contributed by atoms with E-state index in [4.69, 9.17) is 0 Å². The molecule has 1 saturated heterocycles. The van der Waals surface area contributed by atoms with Crippen molar-refractivity contribution >= 4 is 21.6 Å². The molecule has 1 fully saturated rings. The fourth-order valence-electron chi connectivity index (χ4n) is 4.09. The standard InChI is InChI=1S/C23H30N4O5S/c1-17-9-10-20(27(29)30)15-22(17)33(31,32)26-13-11-19(12-14-26)23(28)24-16-21(25(2)3)18-7-5-4-6-8-18/h4-10,15,19,21H,11-14,16H2,1-3H3,(H,24,28). The van der Waals surface area contributed by atoms with Gasteiger partial charge in [0.25, 0.3) is 5.69 Å². The predicted molar refractivity (Wildman–Crippen MR) is 125 cm³/mol. The molecule has 1 aliphatic heterocycles. The summed E-state index contributed by atoms with van der Waals surface area (Å²) in [6.07, 6.45) is 0.800. The van der Waals surface area contributed by atoms with Gasteiger partial charge in [0.1, 0.15) is 0 Å². The number of non-ortho nitro benzene ring substituents is 1. The zero-order chi connectivity index (χ0) is 24.2. The average molecular weight is 475 g/mol. The Kier molecular flexibility index (Phi) is 7.83. The van der Waals surface area contributed by atoms with E-state index >= 15 is 0 Å². The second-order valence-electron chi connectivity index (χ2n) is 8.52. The monoisotopic (exact) mass is 474 g/mol. The summed E-state index contributed by atoms with van der Waals surface area (Å²) < 4.78 is 27.5. The van der Waals surface area contributed by atoms with Gasteiger partial charge in [-0.1, -0.05) is 36.4 Å². The Morgan fingerprint density at radius 1 is 1.18 bits per heavy atom. The number of likely N-dealkylation sites (N-methyl/N-ethyl adjacent to an activating group) is 1. The third-order valence-corrected chi connectivity index (χ3v) is 8.14. The number of aryl methyl sites for hydroxylation is 1. The Morgan fingerprint density at radius 2 is 1.82 bits per heavy atom. The van der Waals surface area contributed by atoms with Crippen molar-refractivity contribution in [2.45, 2.75) is 30.7 Å². The van der Waals surface area contributed by atoms with Crippen LogP contribution in [0.5, 0.6) is 0 Å². The van der Waals surface area contributed by atoms with Gasteiger partial charge < -0.3 is 10.2 Å². The quantitative estimate of drug-likeness (QED) is 0.465. The maximum atomic E-state index is 13.1. The van der Waals surface area contributed by atoms with Gasteiger partial charge in [-0.25, -0.2) is 8.42 Å². The van der Waals surface area contributed by atoms with Crippen molar-refractivity contribution in [3.8, 4) is 0 Å². The van der Waals surface area contributed by atoms with Gasteiger partial charge in [0.05, 0.1) is 15.9 Å². The lowest BCUT2D eigenvalue weighted by atomic mass is 9.97. The van der Waals surface area contributed by atoms with Crippen LogP contribution in [0.2, 0.25) is 0 Å². The van der Waals surface area contributed by atoms with Crippen molar-refractivity contribution < 1.29 is 18.1 Å². The zero-order valence-corrected chi connectivity index (χ0v) is 19.9. The lowest BCUT2D eigenvalue weighted by molar-refractivity contribution is -0.385. The smallest absolute Gasteiger partial charge is 0.270 e. The fraction of sp³-hybridized carbons (Fsp3) is 0.435. The number of rotatable bonds is 8. The predicted octanol–water partition coefficient (Wildman–Crippen LogP) is 2.72. The molecule has 0 saturated carbocycles.